The molecule has 0 radical (unpaired) electrons. The molecule has 3 aliphatic heterocycles. The van der Waals surface area contributed by atoms with Gasteiger partial charge in [-0.15, -0.1) is 0 Å². The van der Waals surface area contributed by atoms with Gasteiger partial charge in [-0.3, -0.25) is 14.5 Å². The van der Waals surface area contributed by atoms with Crippen LogP contribution in [0.25, 0.3) is 17.0 Å². The standard InChI is InChI=1S/C26H28N2O5S2/c1-25(2)6-9-27-10-7-26(3,4)19-20(27)16(25)12-14-11-15(23(32)33-21(14)19)13-17-22(31)28(24(34)35-17)8-5-18(29)30/h11-13H,5-10H2,1-4H3,(H,29,30)/b17-13+. The van der Waals surface area contributed by atoms with Crippen molar-refractivity contribution < 1.29 is 19.1 Å². The predicted molar refractivity (Wildman–Crippen MR) is 142 cm³/mol. The molecule has 0 atom stereocenters. The van der Waals surface area contributed by atoms with Crippen LogP contribution in [0, 0.1) is 0 Å². The highest BCUT2D eigenvalue weighted by Crippen LogP contribution is 2.51. The number of hydrogen-bond acceptors (Lipinski definition) is 7. The predicted octanol–water partition coefficient (Wildman–Crippen LogP) is 4.64. The number of rotatable bonds is 4. The number of thioether (sulfide) groups is 1. The van der Waals surface area contributed by atoms with Gasteiger partial charge < -0.3 is 14.4 Å². The van der Waals surface area contributed by atoms with Gasteiger partial charge >= 0.3 is 11.6 Å². The van der Waals surface area contributed by atoms with Crippen LogP contribution in [-0.2, 0) is 20.4 Å². The van der Waals surface area contributed by atoms with Crippen LogP contribution in [0.4, 0.5) is 5.69 Å². The summed E-state index contributed by atoms with van der Waals surface area (Å²) in [4.78, 5) is 40.8. The molecule has 184 valence electrons. The molecule has 3 aliphatic rings. The van der Waals surface area contributed by atoms with Crippen LogP contribution in [0.5, 0.6) is 0 Å². The molecule has 7 nitrogen and oxygen atoms in total. The fourth-order valence-corrected chi connectivity index (χ4v) is 6.61. The number of hydrogen-bond donors (Lipinski definition) is 1. The van der Waals surface area contributed by atoms with Crippen molar-refractivity contribution in [3.05, 3.63) is 44.1 Å². The molecular formula is C26H28N2O5S2. The van der Waals surface area contributed by atoms with E-state index in [1.54, 1.807) is 6.07 Å². The zero-order valence-electron chi connectivity index (χ0n) is 20.3. The number of benzene rings is 1. The summed E-state index contributed by atoms with van der Waals surface area (Å²) in [5.74, 6) is -1.39. The number of amides is 1. The van der Waals surface area contributed by atoms with Crippen LogP contribution in [0.1, 0.15) is 63.6 Å². The fourth-order valence-electron chi connectivity index (χ4n) is 5.31. The monoisotopic (exact) mass is 512 g/mol. The summed E-state index contributed by atoms with van der Waals surface area (Å²) >= 11 is 6.34. The lowest BCUT2D eigenvalue weighted by atomic mass is 9.69. The Bertz CT molecular complexity index is 1390. The SMILES string of the molecule is CC1(C)CCN2CCC(C)(C)c3c2c1cc1cc(/C=C2/SC(=S)N(CCC(=O)O)C2=O)c(=O)oc31. The smallest absolute Gasteiger partial charge is 0.343 e. The summed E-state index contributed by atoms with van der Waals surface area (Å²) in [7, 11) is 0. The van der Waals surface area contributed by atoms with Crippen molar-refractivity contribution in [3.8, 4) is 0 Å². The van der Waals surface area contributed by atoms with Gasteiger partial charge in [-0.05, 0) is 47.4 Å². The minimum atomic E-state index is -1.00. The molecule has 9 heteroatoms. The molecule has 0 saturated carbocycles. The highest BCUT2D eigenvalue weighted by molar-refractivity contribution is 8.26. The van der Waals surface area contributed by atoms with Crippen LogP contribution in [0.3, 0.4) is 0 Å². The minimum absolute atomic E-state index is 0.000169. The van der Waals surface area contributed by atoms with Gasteiger partial charge in [0.2, 0.25) is 0 Å². The van der Waals surface area contributed by atoms with Crippen LogP contribution >= 0.6 is 24.0 Å². The third-order valence-corrected chi connectivity index (χ3v) is 8.85. The van der Waals surface area contributed by atoms with Crippen LogP contribution < -0.4 is 10.5 Å². The van der Waals surface area contributed by atoms with Gasteiger partial charge in [0.05, 0.1) is 16.9 Å². The Balaban J connectivity index is 1.64. The molecule has 0 bridgehead atoms. The molecule has 1 aromatic carbocycles. The van der Waals surface area contributed by atoms with Crippen molar-refractivity contribution in [2.45, 2.75) is 57.8 Å². The molecule has 1 saturated heterocycles. The third kappa shape index (κ3) is 3.98. The molecule has 0 unspecified atom stereocenters. The Hall–Kier alpha value is -2.65. The first-order chi connectivity index (χ1) is 16.4. The van der Waals surface area contributed by atoms with E-state index in [1.165, 1.54) is 22.2 Å². The first kappa shape index (κ1) is 24.1. The lowest BCUT2D eigenvalue weighted by molar-refractivity contribution is -0.137. The largest absolute Gasteiger partial charge is 0.481 e. The number of carbonyl (C=O) groups is 2. The van der Waals surface area contributed by atoms with Crippen molar-refractivity contribution in [2.75, 3.05) is 24.5 Å². The quantitative estimate of drug-likeness (QED) is 0.360. The molecule has 1 amide bonds. The molecule has 5 rings (SSSR count). The van der Waals surface area contributed by atoms with E-state index in [1.807, 2.05) is 0 Å². The van der Waals surface area contributed by atoms with Gasteiger partial charge in [0, 0.05) is 36.3 Å². The van der Waals surface area contributed by atoms with Gasteiger partial charge in [-0.25, -0.2) is 4.79 Å². The normalized spacial score (nSPS) is 21.7. The molecular weight excluding hydrogens is 484 g/mol. The average molecular weight is 513 g/mol. The summed E-state index contributed by atoms with van der Waals surface area (Å²) < 4.78 is 6.26. The Morgan fingerprint density at radius 1 is 1.17 bits per heavy atom. The van der Waals surface area contributed by atoms with Crippen LogP contribution in [-0.4, -0.2) is 45.8 Å². The first-order valence-electron chi connectivity index (χ1n) is 11.8. The van der Waals surface area contributed by atoms with E-state index in [9.17, 15) is 14.4 Å². The second-order valence-electron chi connectivity index (χ2n) is 10.8. The Morgan fingerprint density at radius 3 is 2.54 bits per heavy atom. The Labute approximate surface area is 213 Å². The third-order valence-electron chi connectivity index (χ3n) is 7.47. The zero-order chi connectivity index (χ0) is 25.3. The maximum Gasteiger partial charge on any atom is 0.343 e. The van der Waals surface area contributed by atoms with Crippen molar-refractivity contribution in [1.82, 2.24) is 4.90 Å². The zero-order valence-corrected chi connectivity index (χ0v) is 21.9. The summed E-state index contributed by atoms with van der Waals surface area (Å²) in [6.45, 7) is 10.9. The van der Waals surface area contributed by atoms with Gasteiger partial charge in [0.15, 0.2) is 0 Å². The highest BCUT2D eigenvalue weighted by atomic mass is 32.2. The number of carboxylic acid groups (broad SMARTS) is 1. The molecule has 2 aromatic rings. The molecule has 1 aromatic heterocycles. The second-order valence-corrected chi connectivity index (χ2v) is 12.5. The summed E-state index contributed by atoms with van der Waals surface area (Å²) in [6.07, 6.45) is 3.34. The number of aliphatic carboxylic acids is 1. The van der Waals surface area contributed by atoms with E-state index < -0.39 is 11.6 Å². The summed E-state index contributed by atoms with van der Waals surface area (Å²) in [5.41, 5.74) is 3.80. The molecule has 35 heavy (non-hydrogen) atoms. The van der Waals surface area contributed by atoms with Gasteiger partial charge in [0.25, 0.3) is 5.91 Å². The molecule has 1 N–H and O–H groups in total. The van der Waals surface area contributed by atoms with Gasteiger partial charge in [0.1, 0.15) is 9.90 Å². The van der Waals surface area contributed by atoms with E-state index in [0.29, 0.717) is 5.58 Å². The van der Waals surface area contributed by atoms with E-state index in [4.69, 9.17) is 21.7 Å². The lowest BCUT2D eigenvalue weighted by Crippen LogP contribution is -2.44. The van der Waals surface area contributed by atoms with Crippen molar-refractivity contribution in [2.24, 2.45) is 0 Å². The summed E-state index contributed by atoms with van der Waals surface area (Å²) in [6, 6.07) is 3.95. The molecule has 4 heterocycles. The number of carboxylic acids is 1. The van der Waals surface area contributed by atoms with E-state index in [2.05, 4.69) is 38.7 Å². The second kappa shape index (κ2) is 8.20. The van der Waals surface area contributed by atoms with Crippen molar-refractivity contribution in [3.63, 3.8) is 0 Å². The Kier molecular flexibility index (Phi) is 5.64. The number of carbonyl (C=O) groups excluding carboxylic acids is 1. The number of thiocarbonyl (C=S) groups is 1. The number of nitrogens with zero attached hydrogens (tertiary/aromatic N) is 2. The molecule has 0 aliphatic carbocycles. The summed E-state index contributed by atoms with van der Waals surface area (Å²) in [5, 5.41) is 9.79. The number of anilines is 1. The van der Waals surface area contributed by atoms with Crippen molar-refractivity contribution >= 4 is 62.9 Å². The molecule has 0 spiro atoms. The minimum Gasteiger partial charge on any atom is -0.481 e. The fraction of sp³-hybridized carbons (Fsp3) is 0.462. The van der Waals surface area contributed by atoms with E-state index in [0.717, 1.165) is 48.6 Å². The first-order valence-corrected chi connectivity index (χ1v) is 13.0. The Morgan fingerprint density at radius 2 is 1.86 bits per heavy atom. The van der Waals surface area contributed by atoms with E-state index >= 15 is 0 Å². The molecule has 1 fully saturated rings. The maximum atomic E-state index is 13.1. The topological polar surface area (TPSA) is 91.1 Å². The number of fused-ring (bicyclic) bond motifs is 2. The van der Waals surface area contributed by atoms with Crippen LogP contribution in [0.2, 0.25) is 0 Å². The average Bonchev–Trinajstić information content (AvgIpc) is 3.03. The maximum absolute atomic E-state index is 13.1. The van der Waals surface area contributed by atoms with Crippen LogP contribution in [0.15, 0.2) is 26.2 Å². The van der Waals surface area contributed by atoms with Gasteiger partial charge in [-0.2, -0.15) is 0 Å². The van der Waals surface area contributed by atoms with Crippen molar-refractivity contribution in [1.29, 1.82) is 0 Å². The van der Waals surface area contributed by atoms with E-state index in [-0.39, 0.29) is 44.5 Å². The van der Waals surface area contributed by atoms with Gasteiger partial charge in [-0.1, -0.05) is 51.7 Å². The highest BCUT2D eigenvalue weighted by Gasteiger charge is 2.42. The lowest BCUT2D eigenvalue weighted by Gasteiger charge is -2.48.